The standard InChI is InChI=1S/C51H82O6/c1-4-7-10-13-16-19-21-23-25-27-29-32-35-38-41-44-50(53)56-47-48(46-55-49(52)43-40-37-34-31-18-15-12-9-6-3)57-51(54)45-42-39-36-33-30-28-26-24-22-20-17-14-11-8-5-2/h7,10,13,16-17,19-25,27,29,31,34,48H,4-6,8-9,11-12,14-15,18,26,28,30,32-33,35-47H2,1-3H3/b10-7-,16-13-,20-17-,21-19-,24-22-,25-23-,29-27-,34-31-. The van der Waals surface area contributed by atoms with Crippen molar-refractivity contribution < 1.29 is 28.6 Å². The van der Waals surface area contributed by atoms with Gasteiger partial charge in [-0.15, -0.1) is 0 Å². The number of allylic oxidation sites excluding steroid dienone is 16. The highest BCUT2D eigenvalue weighted by atomic mass is 16.6. The maximum atomic E-state index is 12.7. The SMILES string of the molecule is CC\C=C/C=C\C=C/C=C\C=C/CCCCCC(=O)OCC(COC(=O)CCC/C=C\CCCCCC)OC(=O)CCCCCCCC/C=C\C=C/CCCCC. The Morgan fingerprint density at radius 2 is 0.719 bits per heavy atom. The van der Waals surface area contributed by atoms with Gasteiger partial charge in [0.2, 0.25) is 0 Å². The summed E-state index contributed by atoms with van der Waals surface area (Å²) in [6, 6.07) is 0. The van der Waals surface area contributed by atoms with Crippen molar-refractivity contribution in [2.24, 2.45) is 0 Å². The number of hydrogen-bond donors (Lipinski definition) is 0. The molecule has 0 saturated heterocycles. The van der Waals surface area contributed by atoms with Gasteiger partial charge in [0.1, 0.15) is 13.2 Å². The molecule has 0 saturated carbocycles. The monoisotopic (exact) mass is 791 g/mol. The molecular weight excluding hydrogens is 709 g/mol. The minimum Gasteiger partial charge on any atom is -0.462 e. The molecule has 1 unspecified atom stereocenters. The van der Waals surface area contributed by atoms with Crippen molar-refractivity contribution in [3.05, 3.63) is 97.2 Å². The Labute approximate surface area is 349 Å². The zero-order chi connectivity index (χ0) is 41.5. The first-order valence-corrected chi connectivity index (χ1v) is 22.8. The highest BCUT2D eigenvalue weighted by Gasteiger charge is 2.19. The lowest BCUT2D eigenvalue weighted by Crippen LogP contribution is -2.30. The number of ether oxygens (including phenoxy) is 3. The van der Waals surface area contributed by atoms with Crippen LogP contribution >= 0.6 is 0 Å². The summed E-state index contributed by atoms with van der Waals surface area (Å²) in [6.07, 6.45) is 58.2. The first kappa shape index (κ1) is 53.3. The van der Waals surface area contributed by atoms with E-state index in [2.05, 4.69) is 69.4 Å². The van der Waals surface area contributed by atoms with E-state index in [4.69, 9.17) is 14.2 Å². The van der Waals surface area contributed by atoms with Gasteiger partial charge in [0.05, 0.1) is 0 Å². The molecule has 0 fully saturated rings. The van der Waals surface area contributed by atoms with Gasteiger partial charge in [0, 0.05) is 19.3 Å². The Bertz CT molecular complexity index is 1180. The smallest absolute Gasteiger partial charge is 0.306 e. The second-order valence-electron chi connectivity index (χ2n) is 14.7. The predicted molar refractivity (Wildman–Crippen MR) is 242 cm³/mol. The van der Waals surface area contributed by atoms with Crippen molar-refractivity contribution in [3.63, 3.8) is 0 Å². The summed E-state index contributed by atoms with van der Waals surface area (Å²) in [5.74, 6) is -1.01. The molecule has 0 aromatic rings. The van der Waals surface area contributed by atoms with Crippen LogP contribution in [0.25, 0.3) is 0 Å². The summed E-state index contributed by atoms with van der Waals surface area (Å²) in [5.41, 5.74) is 0. The van der Waals surface area contributed by atoms with Gasteiger partial charge in [-0.05, 0) is 83.5 Å². The average molecular weight is 791 g/mol. The van der Waals surface area contributed by atoms with E-state index in [-0.39, 0.29) is 31.1 Å². The van der Waals surface area contributed by atoms with Crippen LogP contribution in [-0.4, -0.2) is 37.2 Å². The number of rotatable bonds is 39. The number of carbonyl (C=O) groups excluding carboxylic acids is 3. The molecule has 0 aromatic heterocycles. The Morgan fingerprint density at radius 1 is 0.368 bits per heavy atom. The van der Waals surface area contributed by atoms with Crippen LogP contribution < -0.4 is 0 Å². The summed E-state index contributed by atoms with van der Waals surface area (Å²) in [7, 11) is 0. The molecule has 57 heavy (non-hydrogen) atoms. The molecule has 6 heteroatoms. The van der Waals surface area contributed by atoms with Crippen molar-refractivity contribution in [2.45, 2.75) is 194 Å². The normalized spacial score (nSPS) is 13.0. The van der Waals surface area contributed by atoms with Crippen LogP contribution in [0.2, 0.25) is 0 Å². The van der Waals surface area contributed by atoms with E-state index in [9.17, 15) is 14.4 Å². The fourth-order valence-electron chi connectivity index (χ4n) is 5.75. The van der Waals surface area contributed by atoms with E-state index in [0.29, 0.717) is 25.7 Å². The van der Waals surface area contributed by atoms with Crippen LogP contribution in [0.1, 0.15) is 188 Å². The molecule has 0 spiro atoms. The Balaban J connectivity index is 4.51. The van der Waals surface area contributed by atoms with Gasteiger partial charge in [0.15, 0.2) is 6.10 Å². The van der Waals surface area contributed by atoms with Crippen LogP contribution in [0.4, 0.5) is 0 Å². The second-order valence-corrected chi connectivity index (χ2v) is 14.7. The Kier molecular flexibility index (Phi) is 42.1. The molecule has 322 valence electrons. The summed E-state index contributed by atoms with van der Waals surface area (Å²) >= 11 is 0. The van der Waals surface area contributed by atoms with Crippen molar-refractivity contribution in [1.29, 1.82) is 0 Å². The van der Waals surface area contributed by atoms with E-state index in [1.54, 1.807) is 0 Å². The van der Waals surface area contributed by atoms with Gasteiger partial charge in [-0.2, -0.15) is 0 Å². The van der Waals surface area contributed by atoms with Gasteiger partial charge >= 0.3 is 17.9 Å². The van der Waals surface area contributed by atoms with Gasteiger partial charge in [-0.25, -0.2) is 0 Å². The molecule has 0 bridgehead atoms. The van der Waals surface area contributed by atoms with Gasteiger partial charge in [-0.3, -0.25) is 14.4 Å². The van der Waals surface area contributed by atoms with Crippen molar-refractivity contribution in [1.82, 2.24) is 0 Å². The summed E-state index contributed by atoms with van der Waals surface area (Å²) in [4.78, 5) is 37.7. The predicted octanol–water partition coefficient (Wildman–Crippen LogP) is 14.6. The first-order chi connectivity index (χ1) is 28.0. The lowest BCUT2D eigenvalue weighted by Gasteiger charge is -2.18. The third-order valence-electron chi connectivity index (χ3n) is 9.20. The molecule has 0 N–H and O–H groups in total. The van der Waals surface area contributed by atoms with Crippen LogP contribution in [0, 0.1) is 0 Å². The number of carbonyl (C=O) groups is 3. The molecule has 0 aromatic carbocycles. The summed E-state index contributed by atoms with van der Waals surface area (Å²) in [5, 5.41) is 0. The molecule has 0 aliphatic rings. The van der Waals surface area contributed by atoms with Crippen LogP contribution in [0.15, 0.2) is 97.2 Å². The molecule has 0 aliphatic heterocycles. The number of esters is 3. The van der Waals surface area contributed by atoms with E-state index in [1.807, 2.05) is 48.6 Å². The van der Waals surface area contributed by atoms with Crippen LogP contribution in [0.3, 0.4) is 0 Å². The van der Waals surface area contributed by atoms with Crippen LogP contribution in [0.5, 0.6) is 0 Å². The van der Waals surface area contributed by atoms with Crippen LogP contribution in [-0.2, 0) is 28.6 Å². The first-order valence-electron chi connectivity index (χ1n) is 22.8. The average Bonchev–Trinajstić information content (AvgIpc) is 3.21. The molecule has 0 amide bonds. The third kappa shape index (κ3) is 43.3. The number of hydrogen-bond acceptors (Lipinski definition) is 6. The summed E-state index contributed by atoms with van der Waals surface area (Å²) < 4.78 is 16.6. The lowest BCUT2D eigenvalue weighted by atomic mass is 10.1. The quantitative estimate of drug-likeness (QED) is 0.0203. The molecule has 6 nitrogen and oxygen atoms in total. The van der Waals surface area contributed by atoms with E-state index in [0.717, 1.165) is 77.0 Å². The fraction of sp³-hybridized carbons (Fsp3) is 0.627. The molecule has 0 aliphatic carbocycles. The minimum atomic E-state index is -0.811. The van der Waals surface area contributed by atoms with Crippen molar-refractivity contribution in [2.75, 3.05) is 13.2 Å². The third-order valence-corrected chi connectivity index (χ3v) is 9.20. The maximum absolute atomic E-state index is 12.7. The highest BCUT2D eigenvalue weighted by molar-refractivity contribution is 5.71. The molecule has 0 heterocycles. The highest BCUT2D eigenvalue weighted by Crippen LogP contribution is 2.12. The molecule has 0 rings (SSSR count). The lowest BCUT2D eigenvalue weighted by molar-refractivity contribution is -0.167. The molecule has 1 atom stereocenters. The van der Waals surface area contributed by atoms with E-state index < -0.39 is 6.10 Å². The van der Waals surface area contributed by atoms with E-state index in [1.165, 1.54) is 64.2 Å². The molecule has 0 radical (unpaired) electrons. The van der Waals surface area contributed by atoms with Crippen molar-refractivity contribution >= 4 is 17.9 Å². The van der Waals surface area contributed by atoms with Gasteiger partial charge in [-0.1, -0.05) is 182 Å². The summed E-state index contributed by atoms with van der Waals surface area (Å²) in [6.45, 7) is 6.33. The van der Waals surface area contributed by atoms with Gasteiger partial charge in [0.25, 0.3) is 0 Å². The Morgan fingerprint density at radius 3 is 1.26 bits per heavy atom. The fourth-order valence-corrected chi connectivity index (χ4v) is 5.75. The van der Waals surface area contributed by atoms with E-state index >= 15 is 0 Å². The molecular formula is C51H82O6. The number of unbranched alkanes of at least 4 members (excludes halogenated alkanes) is 17. The maximum Gasteiger partial charge on any atom is 0.306 e. The topological polar surface area (TPSA) is 78.9 Å². The Hall–Kier alpha value is -3.67. The largest absolute Gasteiger partial charge is 0.462 e. The van der Waals surface area contributed by atoms with Gasteiger partial charge < -0.3 is 14.2 Å². The zero-order valence-corrected chi connectivity index (χ0v) is 36.6. The zero-order valence-electron chi connectivity index (χ0n) is 36.6. The van der Waals surface area contributed by atoms with Crippen molar-refractivity contribution in [3.8, 4) is 0 Å². The second kappa shape index (κ2) is 45.0. The minimum absolute atomic E-state index is 0.113.